The molecular formula is C25H24O12. The SMILES string of the molecule is O=C(/C=C/c1ccc(O)c(O)c1)OOC1CC(O)(C(=O)O)CCC1OC(=O)/C=C/c1ccc(O)c(O)c1. The van der Waals surface area contributed by atoms with Crippen LogP contribution in [0.1, 0.15) is 30.4 Å². The Kier molecular flexibility index (Phi) is 8.37. The van der Waals surface area contributed by atoms with Crippen molar-refractivity contribution in [1.82, 2.24) is 0 Å². The number of hydrogen-bond acceptors (Lipinski definition) is 11. The van der Waals surface area contributed by atoms with Crippen LogP contribution >= 0.6 is 0 Å². The lowest BCUT2D eigenvalue weighted by molar-refractivity contribution is -0.320. The second kappa shape index (κ2) is 11.5. The number of carbonyl (C=O) groups is 3. The highest BCUT2D eigenvalue weighted by Crippen LogP contribution is 2.33. The van der Waals surface area contributed by atoms with Crippen LogP contribution in [0.4, 0.5) is 0 Å². The van der Waals surface area contributed by atoms with E-state index >= 15 is 0 Å². The molecule has 2 aromatic rings. The van der Waals surface area contributed by atoms with Crippen molar-refractivity contribution >= 4 is 30.1 Å². The maximum Gasteiger partial charge on any atom is 0.365 e. The molecule has 196 valence electrons. The molecule has 0 aromatic heterocycles. The Bertz CT molecular complexity index is 1230. The third kappa shape index (κ3) is 7.22. The molecule has 0 spiro atoms. The Morgan fingerprint density at radius 3 is 1.86 bits per heavy atom. The van der Waals surface area contributed by atoms with E-state index in [2.05, 4.69) is 0 Å². The van der Waals surface area contributed by atoms with Crippen molar-refractivity contribution in [2.45, 2.75) is 37.1 Å². The summed E-state index contributed by atoms with van der Waals surface area (Å²) in [4.78, 5) is 45.6. The number of aromatic hydroxyl groups is 4. The fraction of sp³-hybridized carbons (Fsp3) is 0.240. The number of rotatable bonds is 8. The van der Waals surface area contributed by atoms with E-state index in [1.807, 2.05) is 0 Å². The summed E-state index contributed by atoms with van der Waals surface area (Å²) >= 11 is 0. The average molecular weight is 516 g/mol. The molecule has 1 fully saturated rings. The Balaban J connectivity index is 1.64. The van der Waals surface area contributed by atoms with Gasteiger partial charge in [0.2, 0.25) is 0 Å². The molecule has 0 radical (unpaired) electrons. The molecule has 3 atom stereocenters. The molecule has 3 unspecified atom stereocenters. The molecule has 0 bridgehead atoms. The fourth-order valence-corrected chi connectivity index (χ4v) is 3.50. The van der Waals surface area contributed by atoms with Crippen LogP contribution in [0.3, 0.4) is 0 Å². The zero-order valence-corrected chi connectivity index (χ0v) is 19.2. The highest BCUT2D eigenvalue weighted by molar-refractivity contribution is 5.88. The zero-order chi connectivity index (χ0) is 27.2. The van der Waals surface area contributed by atoms with Gasteiger partial charge in [-0.2, -0.15) is 4.89 Å². The first-order chi connectivity index (χ1) is 17.5. The van der Waals surface area contributed by atoms with Gasteiger partial charge in [0.25, 0.3) is 0 Å². The summed E-state index contributed by atoms with van der Waals surface area (Å²) in [5.41, 5.74) is -1.46. The molecule has 0 aliphatic heterocycles. The lowest BCUT2D eigenvalue weighted by Crippen LogP contribution is -2.51. The molecule has 12 nitrogen and oxygen atoms in total. The van der Waals surface area contributed by atoms with E-state index in [-0.39, 0.29) is 30.1 Å². The predicted octanol–water partition coefficient (Wildman–Crippen LogP) is 1.99. The summed E-state index contributed by atoms with van der Waals surface area (Å²) in [5, 5.41) is 57.4. The van der Waals surface area contributed by atoms with Crippen LogP contribution in [0.5, 0.6) is 23.0 Å². The third-order valence-corrected chi connectivity index (χ3v) is 5.54. The van der Waals surface area contributed by atoms with Crippen molar-refractivity contribution in [1.29, 1.82) is 0 Å². The van der Waals surface area contributed by atoms with Crippen molar-refractivity contribution in [2.24, 2.45) is 0 Å². The van der Waals surface area contributed by atoms with Gasteiger partial charge < -0.3 is 35.4 Å². The minimum absolute atomic E-state index is 0.118. The topological polar surface area (TPSA) is 200 Å². The van der Waals surface area contributed by atoms with Gasteiger partial charge in [0.1, 0.15) is 12.2 Å². The van der Waals surface area contributed by atoms with Gasteiger partial charge in [-0.3, -0.25) is 4.89 Å². The Labute approximate surface area is 209 Å². The summed E-state index contributed by atoms with van der Waals surface area (Å²) in [6.07, 6.45) is 1.22. The van der Waals surface area contributed by atoms with Crippen molar-refractivity contribution < 1.29 is 59.5 Å². The largest absolute Gasteiger partial charge is 0.504 e. The molecule has 6 N–H and O–H groups in total. The lowest BCUT2D eigenvalue weighted by atomic mass is 9.81. The van der Waals surface area contributed by atoms with Crippen LogP contribution in [0.15, 0.2) is 48.6 Å². The zero-order valence-electron chi connectivity index (χ0n) is 19.2. The van der Waals surface area contributed by atoms with E-state index in [4.69, 9.17) is 14.5 Å². The van der Waals surface area contributed by atoms with Gasteiger partial charge in [0.15, 0.2) is 28.6 Å². The van der Waals surface area contributed by atoms with Gasteiger partial charge in [-0.25, -0.2) is 14.4 Å². The molecule has 3 rings (SSSR count). The second-order valence-electron chi connectivity index (χ2n) is 8.25. The molecule has 1 aliphatic rings. The molecule has 37 heavy (non-hydrogen) atoms. The number of carboxylic acids is 1. The van der Waals surface area contributed by atoms with Gasteiger partial charge in [0, 0.05) is 18.6 Å². The number of aliphatic hydroxyl groups is 1. The number of carbonyl (C=O) groups excluding carboxylic acids is 2. The smallest absolute Gasteiger partial charge is 0.365 e. The van der Waals surface area contributed by atoms with E-state index in [1.54, 1.807) is 0 Å². The Hall–Kier alpha value is -4.55. The highest BCUT2D eigenvalue weighted by atomic mass is 17.2. The van der Waals surface area contributed by atoms with E-state index in [9.17, 15) is 45.0 Å². The summed E-state index contributed by atoms with van der Waals surface area (Å²) in [6.45, 7) is 0. The van der Waals surface area contributed by atoms with E-state index in [0.29, 0.717) is 11.1 Å². The predicted molar refractivity (Wildman–Crippen MR) is 125 cm³/mol. The van der Waals surface area contributed by atoms with Crippen molar-refractivity contribution in [3.63, 3.8) is 0 Å². The monoisotopic (exact) mass is 516 g/mol. The third-order valence-electron chi connectivity index (χ3n) is 5.54. The number of esters is 1. The number of benzene rings is 2. The van der Waals surface area contributed by atoms with E-state index in [0.717, 1.165) is 12.2 Å². The van der Waals surface area contributed by atoms with Crippen LogP contribution in [0.2, 0.25) is 0 Å². The normalized spacial score (nSPS) is 21.6. The molecule has 2 aromatic carbocycles. The first-order valence-electron chi connectivity index (χ1n) is 10.9. The van der Waals surface area contributed by atoms with Gasteiger partial charge in [-0.1, -0.05) is 12.1 Å². The van der Waals surface area contributed by atoms with Gasteiger partial charge in [-0.05, 0) is 60.4 Å². The number of hydrogen-bond donors (Lipinski definition) is 6. The quantitative estimate of drug-likeness (QED) is 0.0981. The average Bonchev–Trinajstić information content (AvgIpc) is 2.85. The molecule has 1 saturated carbocycles. The number of carboxylic acid groups (broad SMARTS) is 1. The highest BCUT2D eigenvalue weighted by Gasteiger charge is 2.47. The van der Waals surface area contributed by atoms with Crippen LogP contribution in [-0.2, 0) is 28.9 Å². The number of ether oxygens (including phenoxy) is 1. The lowest BCUT2D eigenvalue weighted by Gasteiger charge is -2.36. The molecule has 0 heterocycles. The number of aliphatic carboxylic acids is 1. The summed E-state index contributed by atoms with van der Waals surface area (Å²) < 4.78 is 5.31. The number of phenols is 4. The summed E-state index contributed by atoms with van der Waals surface area (Å²) in [6, 6.07) is 7.69. The maximum absolute atomic E-state index is 12.3. The van der Waals surface area contributed by atoms with Crippen LogP contribution < -0.4 is 0 Å². The van der Waals surface area contributed by atoms with Crippen LogP contribution in [0.25, 0.3) is 12.2 Å². The standard InChI is InChI=1S/C25H24O12/c26-16-5-1-14(11-18(16)28)3-7-22(30)35-20-9-10-25(34,24(32)33)13-21(20)36-37-23(31)8-4-15-2-6-17(27)19(29)12-15/h1-8,11-12,20-21,26-29,34H,9-10,13H2,(H,32,33)/b7-3+,8-4+. The maximum atomic E-state index is 12.3. The minimum Gasteiger partial charge on any atom is -0.504 e. The van der Waals surface area contributed by atoms with Crippen molar-refractivity contribution in [3.8, 4) is 23.0 Å². The molecular weight excluding hydrogens is 492 g/mol. The van der Waals surface area contributed by atoms with Gasteiger partial charge in [-0.15, -0.1) is 0 Å². The summed E-state index contributed by atoms with van der Waals surface area (Å²) in [7, 11) is 0. The first kappa shape index (κ1) is 27.0. The van der Waals surface area contributed by atoms with Gasteiger partial charge in [0.05, 0.1) is 0 Å². The first-order valence-corrected chi connectivity index (χ1v) is 10.9. The molecule has 12 heteroatoms. The molecule has 0 saturated heterocycles. The molecule has 0 amide bonds. The second-order valence-corrected chi connectivity index (χ2v) is 8.25. The molecule has 1 aliphatic carbocycles. The fourth-order valence-electron chi connectivity index (χ4n) is 3.50. The van der Waals surface area contributed by atoms with E-state index in [1.165, 1.54) is 48.6 Å². The van der Waals surface area contributed by atoms with Crippen molar-refractivity contribution in [2.75, 3.05) is 0 Å². The Morgan fingerprint density at radius 1 is 0.811 bits per heavy atom. The summed E-state index contributed by atoms with van der Waals surface area (Å²) in [5.74, 6) is -4.86. The van der Waals surface area contributed by atoms with E-state index < -0.39 is 47.9 Å². The van der Waals surface area contributed by atoms with Crippen LogP contribution in [-0.4, -0.2) is 66.4 Å². The van der Waals surface area contributed by atoms with Crippen LogP contribution in [0, 0.1) is 0 Å². The van der Waals surface area contributed by atoms with Gasteiger partial charge >= 0.3 is 17.9 Å². The van der Waals surface area contributed by atoms with Crippen molar-refractivity contribution in [3.05, 3.63) is 59.7 Å². The Morgan fingerprint density at radius 2 is 1.35 bits per heavy atom. The number of phenolic OH excluding ortho intramolecular Hbond substituents is 4. The minimum atomic E-state index is -2.20.